The van der Waals surface area contributed by atoms with Crippen molar-refractivity contribution in [3.8, 4) is 0 Å². The molecule has 0 saturated heterocycles. The topological polar surface area (TPSA) is 167 Å². The zero-order valence-electron chi connectivity index (χ0n) is 52.9. The highest BCUT2D eigenvalue weighted by atomic mass is 32.2. The second-order valence-corrected chi connectivity index (χ2v) is 31.0. The van der Waals surface area contributed by atoms with E-state index in [0.29, 0.717) is 42.2 Å². The van der Waals surface area contributed by atoms with Gasteiger partial charge in [-0.3, -0.25) is 4.79 Å². The molecule has 2 unspecified atom stereocenters. The summed E-state index contributed by atoms with van der Waals surface area (Å²) in [5.74, 6) is -9.57. The summed E-state index contributed by atoms with van der Waals surface area (Å²) < 4.78 is 235. The molecule has 102 heavy (non-hydrogen) atoms. The summed E-state index contributed by atoms with van der Waals surface area (Å²) in [5, 5.41) is -9.45. The Labute approximate surface area is 584 Å². The smallest absolute Gasteiger partial charge is 0.428 e. The van der Waals surface area contributed by atoms with Crippen LogP contribution in [0.4, 0.5) is 52.7 Å². The van der Waals surface area contributed by atoms with Crippen LogP contribution in [-0.4, -0.2) is 61.6 Å². The number of carbonyl (C=O) groups excluding carboxylic acids is 2. The molecule has 6 aliphatic carbocycles. The molecule has 0 N–H and O–H groups in total. The van der Waals surface area contributed by atoms with Gasteiger partial charge in [0.1, 0.15) is 46.5 Å². The Morgan fingerprint density at radius 2 is 0.696 bits per heavy atom. The highest BCUT2D eigenvalue weighted by Gasteiger charge is 2.51. The van der Waals surface area contributed by atoms with Gasteiger partial charge in [-0.2, -0.15) is 17.6 Å². The van der Waals surface area contributed by atoms with Crippen LogP contribution in [0.2, 0.25) is 0 Å². The molecule has 0 amide bonds. The zero-order valence-corrected chi connectivity index (χ0v) is 56.2. The number of rotatable bonds is 16. The molecule has 6 aliphatic rings. The van der Waals surface area contributed by atoms with Gasteiger partial charge in [0.05, 0.1) is 40.9 Å². The predicted octanol–water partition coefficient (Wildman–Crippen LogP) is 17.4. The Balaban J connectivity index is 0.000000137. The van der Waals surface area contributed by atoms with Gasteiger partial charge in [-0.15, -0.1) is 0 Å². The van der Waals surface area contributed by atoms with Gasteiger partial charge >= 0.3 is 22.4 Å². The van der Waals surface area contributed by atoms with E-state index >= 15 is 0 Å². The highest BCUT2D eigenvalue weighted by molar-refractivity contribution is 7.97. The van der Waals surface area contributed by atoms with Crippen LogP contribution in [0.5, 0.6) is 0 Å². The molecule has 2 atom stereocenters. The van der Waals surface area contributed by atoms with Crippen LogP contribution in [0.25, 0.3) is 0 Å². The minimum atomic E-state index is -6.12. The second-order valence-electron chi connectivity index (χ2n) is 24.0. The molecule has 10 nitrogen and oxygen atoms in total. The van der Waals surface area contributed by atoms with Crippen molar-refractivity contribution in [2.45, 2.75) is 89.2 Å². The zero-order chi connectivity index (χ0) is 73.0. The van der Waals surface area contributed by atoms with Crippen LogP contribution in [0.3, 0.4) is 0 Å². The van der Waals surface area contributed by atoms with Gasteiger partial charge in [0.15, 0.2) is 49.6 Å². The molecular formula is C76H56F12O10S4. The first kappa shape index (κ1) is 74.0. The number of alkyl halides is 4. The molecule has 10 aromatic rings. The Bertz CT molecular complexity index is 4560. The predicted molar refractivity (Wildman–Crippen MR) is 352 cm³/mol. The average Bonchev–Trinajstić information content (AvgIpc) is 0.726. The van der Waals surface area contributed by atoms with Gasteiger partial charge in [-0.25, -0.2) is 56.8 Å². The summed E-state index contributed by atoms with van der Waals surface area (Å²) in [5.41, 5.74) is 8.98. The quantitative estimate of drug-likeness (QED) is 0.0299. The van der Waals surface area contributed by atoms with E-state index in [9.17, 15) is 88.2 Å². The van der Waals surface area contributed by atoms with E-state index in [4.69, 9.17) is 4.74 Å². The van der Waals surface area contributed by atoms with Gasteiger partial charge in [0.25, 0.3) is 0 Å². The fraction of sp³-hybridized carbons (Fsp3) is 0.184. The van der Waals surface area contributed by atoms with E-state index in [1.54, 1.807) is 60.7 Å². The lowest BCUT2D eigenvalue weighted by Crippen LogP contribution is -2.41. The maximum Gasteiger partial charge on any atom is 0.428 e. The normalized spacial score (nSPS) is 17.6. The first-order chi connectivity index (χ1) is 48.5. The van der Waals surface area contributed by atoms with Crippen molar-refractivity contribution in [3.63, 3.8) is 0 Å². The molecule has 0 saturated carbocycles. The molecule has 4 bridgehead atoms. The number of hydrogen-bond donors (Lipinski definition) is 0. The number of esters is 2. The van der Waals surface area contributed by atoms with Crippen LogP contribution in [0, 0.1) is 58.4 Å². The van der Waals surface area contributed by atoms with E-state index in [0.717, 1.165) is 57.6 Å². The van der Waals surface area contributed by atoms with Gasteiger partial charge in [-0.05, 0) is 88.0 Å². The largest absolute Gasteiger partial charge is 0.743 e. The van der Waals surface area contributed by atoms with Crippen LogP contribution >= 0.6 is 0 Å². The Morgan fingerprint density at radius 1 is 0.392 bits per heavy atom. The maximum atomic E-state index is 13.6. The standard InChI is InChI=1S/C21H20F2O5S.C19H16F2O5S.2C18H11F4S/c22-21(23,29(25,26)27)10-5-11-28-20(24)18-12-17-13-6-1-3-8-15(13)19(18)16-9-4-2-7-14(16)17;20-19(21,27(23,24)25)18(22)26-10-11-9-16-12-5-1-3-7-14(12)17(11)15-8-4-2-6-13(15)16;2*19-12-6-13(20)9-17(8-12)23(16-4-2-1-3-5-16)18-10-14(21)7-15(22)11-18/h1-4,6-9,17-19H,5,10-12H2,(H,25,26,27);1-8,11,16-17H,9-10H2,(H,23,24,25);2*1-11H/q;;2*+1/p-2. The molecule has 0 fully saturated rings. The average molecular weight is 1490 g/mol. The molecular weight excluding hydrogens is 1430 g/mol. The molecule has 0 radical (unpaired) electrons. The molecule has 0 aromatic heterocycles. The maximum absolute atomic E-state index is 13.6. The fourth-order valence-electron chi connectivity index (χ4n) is 13.4. The Kier molecular flexibility index (Phi) is 22.3. The summed E-state index contributed by atoms with van der Waals surface area (Å²) in [6.45, 7) is -0.741. The van der Waals surface area contributed by atoms with Crippen molar-refractivity contribution in [2.75, 3.05) is 13.2 Å². The van der Waals surface area contributed by atoms with E-state index in [1.165, 1.54) is 59.7 Å². The van der Waals surface area contributed by atoms with Gasteiger partial charge in [-0.1, -0.05) is 133 Å². The lowest BCUT2D eigenvalue weighted by molar-refractivity contribution is -0.163. The van der Waals surface area contributed by atoms with Gasteiger partial charge in [0.2, 0.25) is 0 Å². The van der Waals surface area contributed by atoms with E-state index in [1.807, 2.05) is 84.9 Å². The number of ether oxygens (including phenoxy) is 2. The third kappa shape index (κ3) is 16.3. The van der Waals surface area contributed by atoms with Gasteiger partial charge in [0, 0.05) is 109 Å². The first-order valence-electron chi connectivity index (χ1n) is 31.3. The number of fused-ring (bicyclic) bond motifs is 2. The Morgan fingerprint density at radius 3 is 1.02 bits per heavy atom. The SMILES string of the molecule is Fc1cc(F)cc([S+](c2ccccc2)c2cc(F)cc(F)c2)c1.Fc1cc(F)cc([S+](c2ccccc2)c2cc(F)cc(F)c2)c1.O=C(OCC1CC2c3ccccc3C1c1ccccc12)C(F)(F)S(=O)(=O)[O-].O=C(OCCCC(F)(F)S(=O)(=O)[O-])C1CC2c3ccccc3C1c1ccccc12. The monoisotopic (exact) mass is 1480 g/mol. The molecule has 10 aromatic carbocycles. The lowest BCUT2D eigenvalue weighted by atomic mass is 9.59. The van der Waals surface area contributed by atoms with Crippen LogP contribution in [0.1, 0.15) is 93.9 Å². The summed E-state index contributed by atoms with van der Waals surface area (Å²) in [4.78, 5) is 26.9. The number of carbonyl (C=O) groups is 2. The third-order valence-electron chi connectivity index (χ3n) is 17.5. The van der Waals surface area contributed by atoms with Crippen LogP contribution in [0.15, 0.2) is 260 Å². The van der Waals surface area contributed by atoms with Gasteiger partial charge < -0.3 is 18.6 Å². The van der Waals surface area contributed by atoms with E-state index in [-0.39, 0.29) is 42.8 Å². The van der Waals surface area contributed by atoms with Crippen molar-refractivity contribution in [1.29, 1.82) is 0 Å². The van der Waals surface area contributed by atoms with E-state index < -0.39 is 130 Å². The van der Waals surface area contributed by atoms with Crippen LogP contribution < -0.4 is 0 Å². The van der Waals surface area contributed by atoms with Crippen molar-refractivity contribution in [1.82, 2.24) is 0 Å². The van der Waals surface area contributed by atoms with Crippen molar-refractivity contribution >= 4 is 54.0 Å². The molecule has 16 rings (SSSR count). The minimum Gasteiger partial charge on any atom is -0.743 e. The lowest BCUT2D eigenvalue weighted by Gasteiger charge is -2.45. The second kappa shape index (κ2) is 30.8. The molecule has 0 spiro atoms. The minimum absolute atomic E-state index is 0.0508. The molecule has 0 aliphatic heterocycles. The molecule has 528 valence electrons. The Hall–Kier alpha value is -9.18. The van der Waals surface area contributed by atoms with Crippen molar-refractivity contribution in [2.24, 2.45) is 11.8 Å². The van der Waals surface area contributed by atoms with Crippen molar-refractivity contribution in [3.05, 3.63) is 322 Å². The molecule has 26 heteroatoms. The summed E-state index contributed by atoms with van der Waals surface area (Å²) in [7, 11) is -13.9. The van der Waals surface area contributed by atoms with Crippen molar-refractivity contribution < 1.29 is 97.7 Å². The number of benzene rings is 10. The molecule has 0 heterocycles. The third-order valence-corrected chi connectivity index (χ3v) is 23.5. The van der Waals surface area contributed by atoms with Crippen LogP contribution in [-0.2, 0) is 61.1 Å². The summed E-state index contributed by atoms with van der Waals surface area (Å²) in [6.07, 6.45) is -0.424. The highest BCUT2D eigenvalue weighted by Crippen LogP contribution is 2.57. The summed E-state index contributed by atoms with van der Waals surface area (Å²) >= 11 is 0. The number of halogens is 12. The fourth-order valence-corrected chi connectivity index (χ4v) is 18.3. The first-order valence-corrected chi connectivity index (χ1v) is 36.5. The number of hydrogen-bond acceptors (Lipinski definition) is 10. The van der Waals surface area contributed by atoms with E-state index in [2.05, 4.69) is 16.9 Å². The summed E-state index contributed by atoms with van der Waals surface area (Å²) in [6, 6.07) is 61.8.